The largest absolute Gasteiger partial charge is 0.301 e. The molecule has 2 heterocycles. The molecule has 3 aromatic rings. The third kappa shape index (κ3) is 4.20. The number of benzene rings is 2. The van der Waals surface area contributed by atoms with Crippen LogP contribution in [0, 0.1) is 18.6 Å². The summed E-state index contributed by atoms with van der Waals surface area (Å²) in [5, 5.41) is 4.96. The summed E-state index contributed by atoms with van der Waals surface area (Å²) in [6, 6.07) is 16.8. The lowest BCUT2D eigenvalue weighted by Gasteiger charge is -2.33. The number of piperazine rings is 1. The monoisotopic (exact) mass is 407 g/mol. The number of rotatable bonds is 5. The second-order valence-corrected chi connectivity index (χ2v) is 8.13. The highest BCUT2D eigenvalue weighted by Gasteiger charge is 2.19. The maximum absolute atomic E-state index is 5.91. The summed E-state index contributed by atoms with van der Waals surface area (Å²) in [7, 11) is 0. The zero-order valence-electron chi connectivity index (χ0n) is 17.5. The molecule has 0 radical (unpaired) electrons. The van der Waals surface area contributed by atoms with Crippen molar-refractivity contribution in [3.63, 3.8) is 0 Å². The predicted octanol–water partition coefficient (Wildman–Crippen LogP) is 4.28. The highest BCUT2D eigenvalue weighted by atomic mass is 32.1. The Bertz CT molecular complexity index is 1030. The van der Waals surface area contributed by atoms with Crippen molar-refractivity contribution in [1.82, 2.24) is 24.1 Å². The Morgan fingerprint density at radius 2 is 1.59 bits per heavy atom. The zero-order chi connectivity index (χ0) is 20.4. The number of aromatic nitrogens is 3. The molecule has 2 aromatic carbocycles. The number of likely N-dealkylation sites (N-methyl/N-ethyl adjacent to an activating group) is 1. The number of hydrogen-bond donors (Lipinski definition) is 0. The Morgan fingerprint density at radius 1 is 0.897 bits per heavy atom. The smallest absolute Gasteiger partial charge is 0.204 e. The van der Waals surface area contributed by atoms with E-state index in [4.69, 9.17) is 17.3 Å². The van der Waals surface area contributed by atoms with Gasteiger partial charge in [-0.3, -0.25) is 9.47 Å². The minimum absolute atomic E-state index is 0.730. The Morgan fingerprint density at radius 3 is 2.24 bits per heavy atom. The minimum atomic E-state index is 0.730. The van der Waals surface area contributed by atoms with Crippen LogP contribution in [0.5, 0.6) is 0 Å². The molecule has 29 heavy (non-hydrogen) atoms. The van der Waals surface area contributed by atoms with E-state index in [1.54, 1.807) is 0 Å². The second-order valence-electron chi connectivity index (χ2n) is 7.77. The van der Waals surface area contributed by atoms with Gasteiger partial charge in [-0.15, -0.1) is 5.10 Å². The molecule has 0 saturated carbocycles. The van der Waals surface area contributed by atoms with Crippen LogP contribution in [0.2, 0.25) is 0 Å². The molecule has 0 amide bonds. The molecule has 0 unspecified atom stereocenters. The first-order chi connectivity index (χ1) is 14.1. The lowest BCUT2D eigenvalue weighted by Crippen LogP contribution is -2.46. The van der Waals surface area contributed by atoms with Crippen LogP contribution in [-0.4, -0.2) is 56.9 Å². The van der Waals surface area contributed by atoms with Gasteiger partial charge >= 0.3 is 0 Å². The molecule has 0 bridgehead atoms. The summed E-state index contributed by atoms with van der Waals surface area (Å²) >= 11 is 5.91. The highest BCUT2D eigenvalue weighted by Crippen LogP contribution is 2.24. The number of aryl methyl sites for hydroxylation is 2. The van der Waals surface area contributed by atoms with Gasteiger partial charge < -0.3 is 4.90 Å². The molecule has 0 N–H and O–H groups in total. The van der Waals surface area contributed by atoms with E-state index >= 15 is 0 Å². The van der Waals surface area contributed by atoms with Gasteiger partial charge in [0.05, 0.1) is 12.4 Å². The van der Waals surface area contributed by atoms with Crippen molar-refractivity contribution < 1.29 is 0 Å². The Kier molecular flexibility index (Phi) is 5.94. The van der Waals surface area contributed by atoms with E-state index in [1.165, 1.54) is 11.1 Å². The van der Waals surface area contributed by atoms with Gasteiger partial charge in [-0.1, -0.05) is 43.3 Å². The van der Waals surface area contributed by atoms with Crippen LogP contribution in [0.25, 0.3) is 17.1 Å². The first-order valence-corrected chi connectivity index (χ1v) is 10.7. The van der Waals surface area contributed by atoms with Gasteiger partial charge in [0.1, 0.15) is 0 Å². The number of nitrogens with zero attached hydrogens (tertiary/aromatic N) is 5. The zero-order valence-corrected chi connectivity index (χ0v) is 18.3. The van der Waals surface area contributed by atoms with Crippen LogP contribution in [0.4, 0.5) is 0 Å². The Labute approximate surface area is 178 Å². The molecule has 1 aromatic heterocycles. The summed E-state index contributed by atoms with van der Waals surface area (Å²) in [5.74, 6) is 0.894. The lowest BCUT2D eigenvalue weighted by atomic mass is 10.1. The average Bonchev–Trinajstić information content (AvgIpc) is 3.07. The van der Waals surface area contributed by atoms with E-state index in [-0.39, 0.29) is 0 Å². The van der Waals surface area contributed by atoms with Gasteiger partial charge in [-0.05, 0) is 55.9 Å². The van der Waals surface area contributed by atoms with Crippen LogP contribution in [0.3, 0.4) is 0 Å². The molecule has 1 aliphatic rings. The molecule has 6 heteroatoms. The van der Waals surface area contributed by atoms with Gasteiger partial charge in [0, 0.05) is 31.7 Å². The van der Waals surface area contributed by atoms with Crippen LogP contribution in [-0.2, 0) is 6.67 Å². The van der Waals surface area contributed by atoms with E-state index in [2.05, 4.69) is 65.5 Å². The highest BCUT2D eigenvalue weighted by molar-refractivity contribution is 7.71. The van der Waals surface area contributed by atoms with Crippen LogP contribution < -0.4 is 0 Å². The third-order valence-electron chi connectivity index (χ3n) is 5.87. The topological polar surface area (TPSA) is 29.2 Å². The first kappa shape index (κ1) is 20.0. The molecule has 5 nitrogen and oxygen atoms in total. The van der Waals surface area contributed by atoms with Crippen molar-refractivity contribution in [2.75, 3.05) is 32.7 Å². The van der Waals surface area contributed by atoms with Gasteiger partial charge in [-0.2, -0.15) is 0 Å². The van der Waals surface area contributed by atoms with E-state index in [9.17, 15) is 0 Å². The molecule has 0 spiro atoms. The van der Waals surface area contributed by atoms with E-state index in [0.29, 0.717) is 0 Å². The van der Waals surface area contributed by atoms with Gasteiger partial charge in [0.25, 0.3) is 0 Å². The molecule has 0 aliphatic carbocycles. The van der Waals surface area contributed by atoms with Crippen LogP contribution in [0.15, 0.2) is 48.5 Å². The van der Waals surface area contributed by atoms with Crippen molar-refractivity contribution in [2.45, 2.75) is 27.4 Å². The molecule has 1 aliphatic heterocycles. The standard InChI is InChI=1S/C23H29N5S/c1-4-25-12-14-26(15-13-25)17-27-23(29)28(21-11-10-18(2)19(3)16-21)22(24-27)20-8-6-5-7-9-20/h5-11,16H,4,12-15,17H2,1-3H3. The Hall–Kier alpha value is -2.28. The van der Waals surface area contributed by atoms with Crippen LogP contribution >= 0.6 is 12.2 Å². The van der Waals surface area contributed by atoms with E-state index < -0.39 is 0 Å². The van der Waals surface area contributed by atoms with Crippen molar-refractivity contribution in [3.8, 4) is 17.1 Å². The molecule has 152 valence electrons. The summed E-state index contributed by atoms with van der Waals surface area (Å²) in [6.45, 7) is 12.7. The van der Waals surface area contributed by atoms with Gasteiger partial charge in [0.2, 0.25) is 4.77 Å². The van der Waals surface area contributed by atoms with Crippen molar-refractivity contribution in [3.05, 3.63) is 64.4 Å². The molecule has 1 fully saturated rings. The van der Waals surface area contributed by atoms with Crippen molar-refractivity contribution in [2.24, 2.45) is 0 Å². The molecule has 0 atom stereocenters. The summed E-state index contributed by atoms with van der Waals surface area (Å²) in [5.41, 5.74) is 4.68. The minimum Gasteiger partial charge on any atom is -0.301 e. The Balaban J connectivity index is 1.73. The first-order valence-electron chi connectivity index (χ1n) is 10.3. The number of hydrogen-bond acceptors (Lipinski definition) is 4. The van der Waals surface area contributed by atoms with Gasteiger partial charge in [0.15, 0.2) is 5.82 Å². The maximum atomic E-state index is 5.91. The quantitative estimate of drug-likeness (QED) is 0.591. The fourth-order valence-electron chi connectivity index (χ4n) is 3.81. The van der Waals surface area contributed by atoms with E-state index in [1.807, 2.05) is 22.9 Å². The molecule has 4 rings (SSSR count). The molecule has 1 saturated heterocycles. The van der Waals surface area contributed by atoms with Crippen LogP contribution in [0.1, 0.15) is 18.1 Å². The fourth-order valence-corrected chi connectivity index (χ4v) is 4.10. The second kappa shape index (κ2) is 8.61. The predicted molar refractivity (Wildman–Crippen MR) is 121 cm³/mol. The van der Waals surface area contributed by atoms with Gasteiger partial charge in [-0.25, -0.2) is 4.68 Å². The maximum Gasteiger partial charge on any atom is 0.204 e. The summed E-state index contributed by atoms with van der Waals surface area (Å²) < 4.78 is 4.83. The van der Waals surface area contributed by atoms with E-state index in [0.717, 1.165) is 61.2 Å². The normalized spacial score (nSPS) is 15.7. The average molecular weight is 408 g/mol. The summed E-state index contributed by atoms with van der Waals surface area (Å²) in [6.07, 6.45) is 0. The SMILES string of the molecule is CCN1CCN(Cn2nc(-c3ccccc3)n(-c3ccc(C)c(C)c3)c2=S)CC1. The third-order valence-corrected chi connectivity index (χ3v) is 6.26. The van der Waals surface area contributed by atoms with Crippen molar-refractivity contribution in [1.29, 1.82) is 0 Å². The summed E-state index contributed by atoms with van der Waals surface area (Å²) in [4.78, 5) is 4.92. The fraction of sp³-hybridized carbons (Fsp3) is 0.391. The van der Waals surface area contributed by atoms with Crippen molar-refractivity contribution >= 4 is 12.2 Å². The molecular formula is C23H29N5S. The molecular weight excluding hydrogens is 378 g/mol. The lowest BCUT2D eigenvalue weighted by molar-refractivity contribution is 0.106.